The van der Waals surface area contributed by atoms with Crippen LogP contribution in [0.4, 0.5) is 0 Å². The molecule has 16 nitrogen and oxygen atoms in total. The topological polar surface area (TPSA) is 211 Å². The summed E-state index contributed by atoms with van der Waals surface area (Å²) in [5.41, 5.74) is -1.62. The Bertz CT molecular complexity index is 1480. The van der Waals surface area contributed by atoms with Crippen LogP contribution in [0.2, 0.25) is 0 Å². The minimum atomic E-state index is -1.67. The Morgan fingerprint density at radius 3 is 2.48 bits per heavy atom. The number of ether oxygens (including phenoxy) is 5. The zero-order valence-electron chi connectivity index (χ0n) is 27.6. The third-order valence-corrected chi connectivity index (χ3v) is 8.32. The van der Waals surface area contributed by atoms with Gasteiger partial charge in [0.05, 0.1) is 12.1 Å². The maximum atomic E-state index is 13.5. The number of aliphatic hydroxyl groups excluding tert-OH is 1. The molecule has 1 unspecified atom stereocenters. The van der Waals surface area contributed by atoms with Crippen LogP contribution in [-0.4, -0.2) is 94.9 Å². The van der Waals surface area contributed by atoms with Crippen molar-refractivity contribution in [2.75, 3.05) is 19.0 Å². The molecular weight excluding hydrogens is 654 g/mol. The van der Waals surface area contributed by atoms with Crippen LogP contribution in [0.1, 0.15) is 66.2 Å². The average Bonchev–Trinajstić information content (AvgIpc) is 3.43. The number of amides is 1. The smallest absolute Gasteiger partial charge is 0.339 e. The van der Waals surface area contributed by atoms with Crippen LogP contribution in [0.25, 0.3) is 0 Å². The van der Waals surface area contributed by atoms with Crippen LogP contribution in [-0.2, 0) is 43.0 Å². The number of hydrogen-bond acceptors (Lipinski definition) is 16. The Balaban J connectivity index is 1.78. The molecule has 264 valence electrons. The van der Waals surface area contributed by atoms with Gasteiger partial charge in [-0.2, -0.15) is 0 Å². The van der Waals surface area contributed by atoms with E-state index in [1.54, 1.807) is 19.9 Å². The van der Waals surface area contributed by atoms with E-state index in [9.17, 15) is 29.1 Å². The van der Waals surface area contributed by atoms with Crippen LogP contribution in [0.3, 0.4) is 0 Å². The predicted octanol–water partition coefficient (Wildman–Crippen LogP) is 1.97. The molecule has 1 amide bonds. The molecular formula is C31H41N3O13S. The van der Waals surface area contributed by atoms with Crippen molar-refractivity contribution in [3.05, 3.63) is 41.0 Å². The molecule has 1 saturated heterocycles. The quantitative estimate of drug-likeness (QED) is 0.0884. The Kier molecular flexibility index (Phi) is 13.7. The molecule has 2 aliphatic rings. The van der Waals surface area contributed by atoms with E-state index in [1.165, 1.54) is 23.9 Å². The normalized spacial score (nSPS) is 26.0. The van der Waals surface area contributed by atoms with E-state index in [2.05, 4.69) is 22.0 Å². The number of hydrogen-bond donors (Lipinski definition) is 2. The van der Waals surface area contributed by atoms with Crippen LogP contribution in [0, 0.1) is 0 Å². The highest BCUT2D eigenvalue weighted by atomic mass is 32.2. The fraction of sp³-hybridized carbons (Fsp3) is 0.581. The van der Waals surface area contributed by atoms with Crippen LogP contribution >= 0.6 is 11.8 Å². The molecule has 1 aromatic heterocycles. The monoisotopic (exact) mass is 695 g/mol. The second-order valence-corrected chi connectivity index (χ2v) is 12.1. The lowest BCUT2D eigenvalue weighted by Gasteiger charge is -2.41. The van der Waals surface area contributed by atoms with E-state index in [-0.39, 0.29) is 29.6 Å². The lowest BCUT2D eigenvalue weighted by Crippen LogP contribution is -2.61. The first-order valence-electron chi connectivity index (χ1n) is 15.1. The number of aliphatic hydroxyl groups is 1. The summed E-state index contributed by atoms with van der Waals surface area (Å²) in [6.07, 6.45) is -4.49. The van der Waals surface area contributed by atoms with E-state index in [0.29, 0.717) is 17.9 Å². The standard InChI is InChI=1S/C31H41N3O13S/c1-8-10-21(22-12-20(41-11-9-2)13-24(38)45-22)32-30(40)31(7)15-48-28(33-31)16(3)34-47-29-25(39)27(44-19(6)37)26(43-18(5)36)23(46-29)14-42-17(4)35/h9,12-13,21,23,25-27,29,39H,2,8,10-11,14-15H2,1,3-7H3,(H,32,40)/b34-16+/t21?,23-,25-,26-,27-,29-,31+/m1/s1. The summed E-state index contributed by atoms with van der Waals surface area (Å²) in [6.45, 7) is 11.9. The second kappa shape index (κ2) is 17.3. The van der Waals surface area contributed by atoms with Gasteiger partial charge in [0.1, 0.15) is 47.1 Å². The molecule has 0 spiro atoms. The van der Waals surface area contributed by atoms with Crippen molar-refractivity contribution >= 4 is 46.3 Å². The number of oxime groups is 1. The molecule has 0 aromatic carbocycles. The summed E-state index contributed by atoms with van der Waals surface area (Å²) in [4.78, 5) is 70.9. The molecule has 48 heavy (non-hydrogen) atoms. The molecule has 1 aromatic rings. The molecule has 1 fully saturated rings. The molecule has 0 saturated carbocycles. The van der Waals surface area contributed by atoms with Crippen molar-refractivity contribution < 1.29 is 57.2 Å². The highest BCUT2D eigenvalue weighted by molar-refractivity contribution is 8.16. The van der Waals surface area contributed by atoms with Crippen molar-refractivity contribution in [3.8, 4) is 5.75 Å². The van der Waals surface area contributed by atoms with Crippen LogP contribution in [0.5, 0.6) is 5.75 Å². The summed E-state index contributed by atoms with van der Waals surface area (Å²) >= 11 is 1.24. The van der Waals surface area contributed by atoms with Gasteiger partial charge in [0.25, 0.3) is 6.29 Å². The van der Waals surface area contributed by atoms with Crippen molar-refractivity contribution in [3.63, 3.8) is 0 Å². The maximum absolute atomic E-state index is 13.5. The molecule has 0 bridgehead atoms. The fourth-order valence-electron chi connectivity index (χ4n) is 4.72. The minimum absolute atomic E-state index is 0.188. The highest BCUT2D eigenvalue weighted by Crippen LogP contribution is 2.32. The third-order valence-electron chi connectivity index (χ3n) is 6.96. The maximum Gasteiger partial charge on any atom is 0.339 e. The van der Waals surface area contributed by atoms with Gasteiger partial charge >= 0.3 is 23.5 Å². The number of nitrogens with one attached hydrogen (secondary N) is 1. The van der Waals surface area contributed by atoms with Crippen molar-refractivity contribution in [2.24, 2.45) is 10.1 Å². The molecule has 3 rings (SSSR count). The van der Waals surface area contributed by atoms with Crippen LogP contribution in [0.15, 0.2) is 44.1 Å². The van der Waals surface area contributed by atoms with E-state index >= 15 is 0 Å². The number of carbonyl (C=O) groups is 4. The first-order valence-corrected chi connectivity index (χ1v) is 16.1. The second-order valence-electron chi connectivity index (χ2n) is 11.2. The van der Waals surface area contributed by atoms with E-state index < -0.39 is 78.3 Å². The molecule has 3 heterocycles. The number of esters is 3. The SMILES string of the molecule is C=CCOc1cc(C(CCC)NC(=O)[C@]2(C)CSC(/C(C)=N/O[C@H]3O[C@H](COC(C)=O)[C@@H](OC(C)=O)[C@H](OC(C)=O)[C@H]3O)=N2)oc(=O)c1. The highest BCUT2D eigenvalue weighted by Gasteiger charge is 2.51. The molecule has 7 atom stereocenters. The number of rotatable bonds is 15. The Hall–Kier alpha value is -4.22. The van der Waals surface area contributed by atoms with Gasteiger partial charge in [-0.25, -0.2) is 4.79 Å². The Morgan fingerprint density at radius 1 is 1.17 bits per heavy atom. The van der Waals surface area contributed by atoms with E-state index in [4.69, 9.17) is 32.9 Å². The van der Waals surface area contributed by atoms with Crippen molar-refractivity contribution in [2.45, 2.75) is 96.7 Å². The van der Waals surface area contributed by atoms with Crippen molar-refractivity contribution in [1.82, 2.24) is 5.32 Å². The summed E-state index contributed by atoms with van der Waals surface area (Å²) in [7, 11) is 0. The minimum Gasteiger partial charge on any atom is -0.489 e. The lowest BCUT2D eigenvalue weighted by molar-refractivity contribution is -0.306. The lowest BCUT2D eigenvalue weighted by atomic mass is 9.98. The van der Waals surface area contributed by atoms with Gasteiger partial charge in [0.2, 0.25) is 5.91 Å². The predicted molar refractivity (Wildman–Crippen MR) is 171 cm³/mol. The van der Waals surface area contributed by atoms with Gasteiger partial charge < -0.3 is 43.4 Å². The van der Waals surface area contributed by atoms with E-state index in [1.807, 2.05) is 6.92 Å². The zero-order valence-corrected chi connectivity index (χ0v) is 28.4. The van der Waals surface area contributed by atoms with Crippen molar-refractivity contribution in [1.29, 1.82) is 0 Å². The summed E-state index contributed by atoms with van der Waals surface area (Å²) in [5.74, 6) is -1.83. The molecule has 17 heteroatoms. The van der Waals surface area contributed by atoms with Crippen LogP contribution < -0.4 is 15.7 Å². The number of nitrogens with zero attached hydrogens (tertiary/aromatic N) is 2. The van der Waals surface area contributed by atoms with Gasteiger partial charge in [0.15, 0.2) is 18.3 Å². The van der Waals surface area contributed by atoms with Gasteiger partial charge in [-0.15, -0.1) is 11.8 Å². The molecule has 2 N–H and O–H groups in total. The van der Waals surface area contributed by atoms with Gasteiger partial charge in [-0.3, -0.25) is 24.2 Å². The number of aliphatic imine (C=N–C) groups is 1. The summed E-state index contributed by atoms with van der Waals surface area (Å²) in [6, 6.07) is 2.13. The van der Waals surface area contributed by atoms with Gasteiger partial charge in [-0.1, -0.05) is 31.2 Å². The molecule has 2 aliphatic heterocycles. The first kappa shape index (κ1) is 38.2. The Morgan fingerprint density at radius 2 is 1.85 bits per heavy atom. The molecule has 0 aliphatic carbocycles. The van der Waals surface area contributed by atoms with E-state index in [0.717, 1.165) is 20.8 Å². The summed E-state index contributed by atoms with van der Waals surface area (Å²) < 4.78 is 32.1. The number of thioether (sulfide) groups is 1. The third kappa shape index (κ3) is 10.4. The van der Waals surface area contributed by atoms with Gasteiger partial charge in [-0.05, 0) is 20.3 Å². The zero-order chi connectivity index (χ0) is 35.6. The average molecular weight is 696 g/mol. The van der Waals surface area contributed by atoms with Gasteiger partial charge in [0, 0.05) is 32.6 Å². The largest absolute Gasteiger partial charge is 0.489 e. The Labute approximate surface area is 281 Å². The molecule has 0 radical (unpaired) electrons. The fourth-order valence-corrected chi connectivity index (χ4v) is 5.84. The first-order chi connectivity index (χ1) is 22.7. The number of carbonyl (C=O) groups excluding carboxylic acids is 4. The summed E-state index contributed by atoms with van der Waals surface area (Å²) in [5, 5.41) is 18.3.